The molecule has 0 heterocycles. The summed E-state index contributed by atoms with van der Waals surface area (Å²) < 4.78 is 27.5. The van der Waals surface area contributed by atoms with E-state index in [0.717, 1.165) is 49.1 Å². The fourth-order valence-electron chi connectivity index (χ4n) is 3.98. The summed E-state index contributed by atoms with van der Waals surface area (Å²) in [5, 5.41) is 33.4. The van der Waals surface area contributed by atoms with Crippen molar-refractivity contribution in [1.29, 1.82) is 0 Å². The first-order valence-electron chi connectivity index (χ1n) is 11.3. The van der Waals surface area contributed by atoms with Crippen LogP contribution in [0.5, 0.6) is 0 Å². The van der Waals surface area contributed by atoms with Gasteiger partial charge in [-0.3, -0.25) is 15.0 Å². The van der Waals surface area contributed by atoms with Gasteiger partial charge in [0.05, 0.1) is 34.6 Å². The molecule has 190 valence electrons. The number of aliphatic hydroxyl groups is 1. The number of hydroxylamine groups is 1. The van der Waals surface area contributed by atoms with Crippen molar-refractivity contribution in [3.8, 4) is 0 Å². The molecule has 35 heavy (non-hydrogen) atoms. The molecular weight excluding hydrogens is 478 g/mol. The number of sulfonamides is 1. The van der Waals surface area contributed by atoms with E-state index in [1.54, 1.807) is 30.3 Å². The SMILES string of the molecule is O=C(O)NC(Cc1ccccc1)[C@@H](O)CN(OC1CCCCC1)S(=O)(=O)c1ccc([N+](=O)[O-])cc1. The lowest BCUT2D eigenvalue weighted by molar-refractivity contribution is -0.384. The molecule has 0 bridgehead atoms. The number of benzene rings is 2. The van der Waals surface area contributed by atoms with Crippen LogP contribution in [0, 0.1) is 10.1 Å². The number of nitro benzene ring substituents is 1. The Morgan fingerprint density at radius 2 is 1.74 bits per heavy atom. The van der Waals surface area contributed by atoms with E-state index < -0.39 is 39.7 Å². The van der Waals surface area contributed by atoms with Crippen molar-refractivity contribution >= 4 is 21.8 Å². The summed E-state index contributed by atoms with van der Waals surface area (Å²) in [4.78, 5) is 27.3. The topological polar surface area (TPSA) is 159 Å². The van der Waals surface area contributed by atoms with Crippen molar-refractivity contribution in [3.05, 3.63) is 70.3 Å². The first-order chi connectivity index (χ1) is 16.7. The smallest absolute Gasteiger partial charge is 0.404 e. The van der Waals surface area contributed by atoms with Crippen LogP contribution in [0.15, 0.2) is 59.5 Å². The van der Waals surface area contributed by atoms with Gasteiger partial charge in [-0.25, -0.2) is 13.2 Å². The lowest BCUT2D eigenvalue weighted by atomic mass is 9.98. The molecule has 0 aliphatic heterocycles. The minimum atomic E-state index is -4.32. The number of aliphatic hydroxyl groups excluding tert-OH is 1. The second-order valence-electron chi connectivity index (χ2n) is 8.42. The highest BCUT2D eigenvalue weighted by Crippen LogP contribution is 2.26. The van der Waals surface area contributed by atoms with E-state index in [1.165, 1.54) is 0 Å². The molecule has 0 saturated heterocycles. The molecular formula is C23H29N3O8S. The highest BCUT2D eigenvalue weighted by atomic mass is 32.2. The first-order valence-corrected chi connectivity index (χ1v) is 12.8. The third-order valence-electron chi connectivity index (χ3n) is 5.84. The van der Waals surface area contributed by atoms with Crippen molar-refractivity contribution < 1.29 is 33.2 Å². The van der Waals surface area contributed by atoms with Gasteiger partial charge in [0.2, 0.25) is 0 Å². The summed E-state index contributed by atoms with van der Waals surface area (Å²) in [5.74, 6) is 0. The fraction of sp³-hybridized carbons (Fsp3) is 0.435. The monoisotopic (exact) mass is 507 g/mol. The van der Waals surface area contributed by atoms with Gasteiger partial charge in [0.15, 0.2) is 0 Å². The van der Waals surface area contributed by atoms with Crippen molar-refractivity contribution in [1.82, 2.24) is 9.79 Å². The Morgan fingerprint density at radius 3 is 2.31 bits per heavy atom. The van der Waals surface area contributed by atoms with Crippen molar-refractivity contribution in [3.63, 3.8) is 0 Å². The van der Waals surface area contributed by atoms with E-state index in [4.69, 9.17) is 4.84 Å². The number of carbonyl (C=O) groups is 1. The molecule has 3 rings (SSSR count). The summed E-state index contributed by atoms with van der Waals surface area (Å²) in [7, 11) is -4.32. The third kappa shape index (κ3) is 7.46. The number of hydrogen-bond donors (Lipinski definition) is 3. The van der Waals surface area contributed by atoms with Crippen molar-refractivity contribution in [2.24, 2.45) is 0 Å². The van der Waals surface area contributed by atoms with Crippen LogP contribution in [-0.4, -0.2) is 58.9 Å². The van der Waals surface area contributed by atoms with Crippen LogP contribution >= 0.6 is 0 Å². The standard InChI is InChI=1S/C23H29N3O8S/c27-22(21(24-23(28)29)15-17-7-3-1-4-8-17)16-25(34-19-9-5-2-6-10-19)35(32,33)20-13-11-18(12-14-20)26(30)31/h1,3-4,7-8,11-14,19,21-22,24,27H,2,5-6,9-10,15-16H2,(H,28,29)/t21?,22-/m0/s1. The molecule has 2 atom stereocenters. The van der Waals surface area contributed by atoms with Crippen LogP contribution in [0.4, 0.5) is 10.5 Å². The lowest BCUT2D eigenvalue weighted by Gasteiger charge is -2.32. The highest BCUT2D eigenvalue weighted by Gasteiger charge is 2.34. The number of carboxylic acid groups (broad SMARTS) is 1. The molecule has 0 radical (unpaired) electrons. The summed E-state index contributed by atoms with van der Waals surface area (Å²) in [5.41, 5.74) is 0.487. The molecule has 1 fully saturated rings. The number of nitro groups is 1. The number of nitrogens with zero attached hydrogens (tertiary/aromatic N) is 2. The average molecular weight is 508 g/mol. The molecule has 0 aromatic heterocycles. The predicted octanol–water partition coefficient (Wildman–Crippen LogP) is 3.09. The van der Waals surface area contributed by atoms with Crippen LogP contribution in [0.2, 0.25) is 0 Å². The van der Waals surface area contributed by atoms with Gasteiger partial charge in [0, 0.05) is 12.1 Å². The van der Waals surface area contributed by atoms with E-state index in [1.807, 2.05) is 0 Å². The van der Waals surface area contributed by atoms with Crippen LogP contribution in [-0.2, 0) is 21.3 Å². The van der Waals surface area contributed by atoms with Gasteiger partial charge >= 0.3 is 6.09 Å². The minimum Gasteiger partial charge on any atom is -0.465 e. The molecule has 2 aromatic rings. The van der Waals surface area contributed by atoms with E-state index in [0.29, 0.717) is 17.3 Å². The third-order valence-corrected chi connectivity index (χ3v) is 7.48. The van der Waals surface area contributed by atoms with Gasteiger partial charge in [-0.2, -0.15) is 0 Å². The molecule has 1 aliphatic carbocycles. The Labute approximate surface area is 203 Å². The van der Waals surface area contributed by atoms with E-state index >= 15 is 0 Å². The molecule has 3 N–H and O–H groups in total. The number of rotatable bonds is 11. The Hall–Kier alpha value is -3.06. The normalized spacial score (nSPS) is 16.5. The Kier molecular flexibility index (Phi) is 9.15. The van der Waals surface area contributed by atoms with Gasteiger partial charge < -0.3 is 15.5 Å². The highest BCUT2D eigenvalue weighted by molar-refractivity contribution is 7.89. The van der Waals surface area contributed by atoms with Crippen LogP contribution < -0.4 is 5.32 Å². The quantitative estimate of drug-likeness (QED) is 0.309. The van der Waals surface area contributed by atoms with E-state index in [9.17, 15) is 33.5 Å². The van der Waals surface area contributed by atoms with Crippen LogP contribution in [0.25, 0.3) is 0 Å². The van der Waals surface area contributed by atoms with Crippen molar-refractivity contribution in [2.75, 3.05) is 6.54 Å². The fourth-order valence-corrected chi connectivity index (χ4v) is 5.28. The second kappa shape index (κ2) is 12.1. The summed E-state index contributed by atoms with van der Waals surface area (Å²) in [6.07, 6.45) is 0.981. The number of nitrogens with one attached hydrogen (secondary N) is 1. The minimum absolute atomic E-state index is 0.128. The molecule has 2 aromatic carbocycles. The number of hydrogen-bond acceptors (Lipinski definition) is 7. The average Bonchev–Trinajstić information content (AvgIpc) is 2.84. The summed E-state index contributed by atoms with van der Waals surface area (Å²) >= 11 is 0. The largest absolute Gasteiger partial charge is 0.465 e. The van der Waals surface area contributed by atoms with Crippen LogP contribution in [0.1, 0.15) is 37.7 Å². The first kappa shape index (κ1) is 26.5. The Morgan fingerprint density at radius 1 is 1.11 bits per heavy atom. The number of amides is 1. The van der Waals surface area contributed by atoms with Crippen LogP contribution in [0.3, 0.4) is 0 Å². The molecule has 1 saturated carbocycles. The Bertz CT molecular complexity index is 1090. The van der Waals surface area contributed by atoms with Gasteiger partial charge in [-0.1, -0.05) is 54.1 Å². The van der Waals surface area contributed by atoms with E-state index in [-0.39, 0.29) is 23.1 Å². The maximum absolute atomic E-state index is 13.4. The van der Waals surface area contributed by atoms with Crippen molar-refractivity contribution in [2.45, 2.75) is 61.7 Å². The lowest BCUT2D eigenvalue weighted by Crippen LogP contribution is -2.50. The molecule has 11 nitrogen and oxygen atoms in total. The van der Waals surface area contributed by atoms with Gasteiger partial charge in [0.1, 0.15) is 0 Å². The molecule has 12 heteroatoms. The zero-order chi connectivity index (χ0) is 25.4. The zero-order valence-electron chi connectivity index (χ0n) is 19.0. The van der Waals surface area contributed by atoms with E-state index in [2.05, 4.69) is 5.32 Å². The molecule has 1 amide bonds. The molecule has 0 spiro atoms. The van der Waals surface area contributed by atoms with Gasteiger partial charge in [-0.15, -0.1) is 0 Å². The van der Waals surface area contributed by atoms with Gasteiger partial charge in [0.25, 0.3) is 15.7 Å². The summed E-state index contributed by atoms with van der Waals surface area (Å²) in [6, 6.07) is 12.2. The Balaban J connectivity index is 1.86. The van der Waals surface area contributed by atoms with Gasteiger partial charge in [-0.05, 0) is 37.0 Å². The molecule has 1 aliphatic rings. The zero-order valence-corrected chi connectivity index (χ0v) is 19.8. The number of non-ortho nitro benzene ring substituents is 1. The maximum atomic E-state index is 13.4. The summed E-state index contributed by atoms with van der Waals surface area (Å²) in [6.45, 7) is -0.534. The maximum Gasteiger partial charge on any atom is 0.404 e. The second-order valence-corrected chi connectivity index (χ2v) is 10.2. The molecule has 1 unspecified atom stereocenters. The predicted molar refractivity (Wildman–Crippen MR) is 126 cm³/mol.